The van der Waals surface area contributed by atoms with Crippen LogP contribution >= 0.6 is 22.6 Å². The summed E-state index contributed by atoms with van der Waals surface area (Å²) in [5.74, 6) is -1.44. The Kier molecular flexibility index (Phi) is 3.43. The Morgan fingerprint density at radius 3 is 2.58 bits per heavy atom. The van der Waals surface area contributed by atoms with Crippen LogP contribution in [-0.4, -0.2) is 0 Å². The van der Waals surface area contributed by atoms with E-state index in [0.29, 0.717) is 12.0 Å². The maximum atomic E-state index is 13.0. The van der Waals surface area contributed by atoms with Crippen molar-refractivity contribution in [2.45, 2.75) is 19.8 Å². The van der Waals surface area contributed by atoms with Crippen molar-refractivity contribution in [1.82, 2.24) is 0 Å². The third kappa shape index (κ3) is 2.15. The lowest BCUT2D eigenvalue weighted by atomic mass is 10.1. The minimum atomic E-state index is -0.745. The van der Waals surface area contributed by atoms with Gasteiger partial charge in [-0.15, -0.1) is 0 Å². The van der Waals surface area contributed by atoms with Crippen LogP contribution in [0.5, 0.6) is 0 Å². The molecule has 0 spiro atoms. The molecule has 66 valence electrons. The number of benzene rings is 1. The lowest BCUT2D eigenvalue weighted by Crippen LogP contribution is -1.95. The van der Waals surface area contributed by atoms with Crippen LogP contribution in [0.25, 0.3) is 0 Å². The normalized spacial score (nSPS) is 10.3. The van der Waals surface area contributed by atoms with Crippen LogP contribution in [0.15, 0.2) is 12.1 Å². The number of aryl methyl sites for hydroxylation is 1. The zero-order valence-corrected chi connectivity index (χ0v) is 8.86. The fourth-order valence-corrected chi connectivity index (χ4v) is 1.71. The van der Waals surface area contributed by atoms with E-state index in [1.807, 2.05) is 29.5 Å². The molecule has 1 rings (SSSR count). The largest absolute Gasteiger partial charge is 0.204 e. The lowest BCUT2D eigenvalue weighted by Gasteiger charge is -2.02. The van der Waals surface area contributed by atoms with Crippen LogP contribution in [0.3, 0.4) is 0 Å². The number of rotatable bonds is 2. The molecule has 0 nitrogen and oxygen atoms in total. The molecule has 0 saturated heterocycles. The number of halogens is 3. The van der Waals surface area contributed by atoms with Crippen LogP contribution in [0.4, 0.5) is 8.78 Å². The molecular weight excluding hydrogens is 273 g/mol. The van der Waals surface area contributed by atoms with E-state index in [1.54, 1.807) is 6.07 Å². The molecule has 0 aliphatic rings. The summed E-state index contributed by atoms with van der Waals surface area (Å²) >= 11 is 1.98. The molecule has 0 radical (unpaired) electrons. The van der Waals surface area contributed by atoms with E-state index in [1.165, 1.54) is 6.07 Å². The molecule has 0 saturated carbocycles. The second-order valence-electron chi connectivity index (χ2n) is 2.61. The molecule has 0 fully saturated rings. The average molecular weight is 282 g/mol. The second kappa shape index (κ2) is 4.16. The molecule has 0 amide bonds. The maximum absolute atomic E-state index is 13.0. The maximum Gasteiger partial charge on any atom is 0.162 e. The summed E-state index contributed by atoms with van der Waals surface area (Å²) in [6, 6.07) is 2.89. The van der Waals surface area contributed by atoms with Crippen LogP contribution in [0.1, 0.15) is 18.9 Å². The van der Waals surface area contributed by atoms with Gasteiger partial charge in [0.1, 0.15) is 0 Å². The Bertz CT molecular complexity index is 284. The van der Waals surface area contributed by atoms with E-state index in [0.717, 1.165) is 9.99 Å². The van der Waals surface area contributed by atoms with Crippen molar-refractivity contribution in [2.24, 2.45) is 0 Å². The Hall–Kier alpha value is -0.190. The highest BCUT2D eigenvalue weighted by molar-refractivity contribution is 14.1. The van der Waals surface area contributed by atoms with Crippen LogP contribution in [0.2, 0.25) is 0 Å². The van der Waals surface area contributed by atoms with Crippen molar-refractivity contribution < 1.29 is 8.78 Å². The molecule has 0 N–H and O–H groups in total. The Morgan fingerprint density at radius 2 is 2.00 bits per heavy atom. The van der Waals surface area contributed by atoms with Crippen molar-refractivity contribution in [1.29, 1.82) is 0 Å². The molecule has 0 aliphatic carbocycles. The van der Waals surface area contributed by atoms with Gasteiger partial charge in [-0.05, 0) is 46.7 Å². The van der Waals surface area contributed by atoms with Gasteiger partial charge in [0.2, 0.25) is 0 Å². The van der Waals surface area contributed by atoms with E-state index >= 15 is 0 Å². The fourth-order valence-electron chi connectivity index (χ4n) is 1.06. The molecule has 0 atom stereocenters. The monoisotopic (exact) mass is 282 g/mol. The van der Waals surface area contributed by atoms with Crippen molar-refractivity contribution in [2.75, 3.05) is 0 Å². The van der Waals surface area contributed by atoms with E-state index in [2.05, 4.69) is 0 Å². The Morgan fingerprint density at radius 1 is 1.33 bits per heavy atom. The van der Waals surface area contributed by atoms with Gasteiger partial charge in [0.05, 0.1) is 0 Å². The molecule has 1 aromatic carbocycles. The topological polar surface area (TPSA) is 0 Å². The third-order valence-corrected chi connectivity index (χ3v) is 2.21. The molecule has 1 aromatic rings. The van der Waals surface area contributed by atoms with Gasteiger partial charge in [-0.25, -0.2) is 8.78 Å². The molecular formula is C9H9F2I. The molecule has 0 aliphatic heterocycles. The molecule has 0 bridgehead atoms. The van der Waals surface area contributed by atoms with Crippen molar-refractivity contribution in [3.63, 3.8) is 0 Å². The van der Waals surface area contributed by atoms with Crippen molar-refractivity contribution in [3.05, 3.63) is 32.9 Å². The van der Waals surface area contributed by atoms with E-state index in [9.17, 15) is 8.78 Å². The average Bonchev–Trinajstić information content (AvgIpc) is 2.00. The molecule has 3 heteroatoms. The van der Waals surface area contributed by atoms with Crippen molar-refractivity contribution >= 4 is 22.6 Å². The highest BCUT2D eigenvalue weighted by Gasteiger charge is 2.08. The highest BCUT2D eigenvalue weighted by atomic mass is 127. The predicted molar refractivity (Wildman–Crippen MR) is 53.1 cm³/mol. The first-order valence-corrected chi connectivity index (χ1v) is 4.86. The number of hydrogen-bond acceptors (Lipinski definition) is 0. The molecule has 0 unspecified atom stereocenters. The van der Waals surface area contributed by atoms with Gasteiger partial charge in [0.25, 0.3) is 0 Å². The minimum Gasteiger partial charge on any atom is -0.204 e. The van der Waals surface area contributed by atoms with Gasteiger partial charge < -0.3 is 0 Å². The summed E-state index contributed by atoms with van der Waals surface area (Å²) in [5, 5.41) is 0. The zero-order chi connectivity index (χ0) is 9.14. The first kappa shape index (κ1) is 9.89. The molecule has 0 aromatic heterocycles. The highest BCUT2D eigenvalue weighted by Crippen LogP contribution is 2.17. The third-order valence-electron chi connectivity index (χ3n) is 1.59. The van der Waals surface area contributed by atoms with Gasteiger partial charge >= 0.3 is 0 Å². The number of hydrogen-bond donors (Lipinski definition) is 0. The Balaban J connectivity index is 3.09. The Labute approximate surface area is 84.1 Å². The molecule has 0 heterocycles. The van der Waals surface area contributed by atoms with Gasteiger partial charge in [0, 0.05) is 3.57 Å². The van der Waals surface area contributed by atoms with Crippen LogP contribution in [0, 0.1) is 15.2 Å². The smallest absolute Gasteiger partial charge is 0.162 e. The second-order valence-corrected chi connectivity index (χ2v) is 3.86. The molecule has 12 heavy (non-hydrogen) atoms. The summed E-state index contributed by atoms with van der Waals surface area (Å²) in [4.78, 5) is 0. The van der Waals surface area contributed by atoms with E-state index in [-0.39, 0.29) is 0 Å². The first-order valence-electron chi connectivity index (χ1n) is 3.78. The first-order chi connectivity index (χ1) is 5.65. The summed E-state index contributed by atoms with van der Waals surface area (Å²) in [6.07, 6.45) is 1.43. The quantitative estimate of drug-likeness (QED) is 0.575. The summed E-state index contributed by atoms with van der Waals surface area (Å²) in [5.41, 5.74) is 0.474. The van der Waals surface area contributed by atoms with E-state index in [4.69, 9.17) is 0 Å². The summed E-state index contributed by atoms with van der Waals surface area (Å²) in [7, 11) is 0. The van der Waals surface area contributed by atoms with Crippen LogP contribution < -0.4 is 0 Å². The van der Waals surface area contributed by atoms with Gasteiger partial charge in [0.15, 0.2) is 11.6 Å². The standard InChI is InChI=1S/C9H9F2I/c1-2-3-6-4-7(12)5-8(10)9(6)11/h4-5H,2-3H2,1H3. The lowest BCUT2D eigenvalue weighted by molar-refractivity contribution is 0.497. The van der Waals surface area contributed by atoms with Gasteiger partial charge in [-0.1, -0.05) is 13.3 Å². The van der Waals surface area contributed by atoms with Crippen LogP contribution in [-0.2, 0) is 6.42 Å². The summed E-state index contributed by atoms with van der Waals surface area (Å²) in [6.45, 7) is 1.94. The fraction of sp³-hybridized carbons (Fsp3) is 0.333. The van der Waals surface area contributed by atoms with Crippen molar-refractivity contribution in [3.8, 4) is 0 Å². The SMILES string of the molecule is CCCc1cc(I)cc(F)c1F. The van der Waals surface area contributed by atoms with Gasteiger partial charge in [-0.2, -0.15) is 0 Å². The van der Waals surface area contributed by atoms with Gasteiger partial charge in [-0.3, -0.25) is 0 Å². The van der Waals surface area contributed by atoms with E-state index < -0.39 is 11.6 Å². The zero-order valence-electron chi connectivity index (χ0n) is 6.70. The summed E-state index contributed by atoms with van der Waals surface area (Å²) < 4.78 is 26.5. The predicted octanol–water partition coefficient (Wildman–Crippen LogP) is 3.52. The minimum absolute atomic E-state index is 0.474.